The normalized spacial score (nSPS) is 14.9. The maximum absolute atomic E-state index is 11.8. The van der Waals surface area contributed by atoms with Gasteiger partial charge in [-0.25, -0.2) is 4.79 Å². The number of carbonyl (C=O) groups is 1. The molecule has 3 N–H and O–H groups in total. The number of nitriles is 1. The number of ether oxygens (including phenoxy) is 2. The van der Waals surface area contributed by atoms with Crippen molar-refractivity contribution >= 4 is 11.7 Å². The summed E-state index contributed by atoms with van der Waals surface area (Å²) in [5.41, 5.74) is 8.50. The van der Waals surface area contributed by atoms with E-state index in [1.807, 2.05) is 0 Å². The molecular formula is C21H15N5O5. The molecule has 3 aromatic rings. The lowest BCUT2D eigenvalue weighted by atomic mass is 9.82. The first-order valence-corrected chi connectivity index (χ1v) is 9.03. The number of methoxy groups -OCH3 is 1. The Morgan fingerprint density at radius 2 is 2.06 bits per heavy atom. The van der Waals surface area contributed by atoms with Crippen LogP contribution in [0.5, 0.6) is 5.88 Å². The van der Waals surface area contributed by atoms with Crippen molar-refractivity contribution in [1.29, 1.82) is 5.26 Å². The molecule has 0 aliphatic carbocycles. The number of benzene rings is 2. The average Bonchev–Trinajstić information content (AvgIpc) is 3.21. The van der Waals surface area contributed by atoms with Crippen LogP contribution in [0.15, 0.2) is 60.0 Å². The van der Waals surface area contributed by atoms with Crippen LogP contribution in [-0.2, 0) is 4.74 Å². The molecule has 2 heterocycles. The Morgan fingerprint density at radius 1 is 1.32 bits per heavy atom. The van der Waals surface area contributed by atoms with Crippen molar-refractivity contribution in [2.75, 3.05) is 7.11 Å². The summed E-state index contributed by atoms with van der Waals surface area (Å²) in [6.45, 7) is 0. The molecule has 0 saturated carbocycles. The van der Waals surface area contributed by atoms with Gasteiger partial charge in [-0.2, -0.15) is 5.26 Å². The number of nitro benzene ring substituents is 1. The molecule has 31 heavy (non-hydrogen) atoms. The summed E-state index contributed by atoms with van der Waals surface area (Å²) in [6, 6.07) is 14.6. The van der Waals surface area contributed by atoms with Crippen LogP contribution < -0.4 is 10.5 Å². The number of nitrogens with one attached hydrogen (secondary N) is 1. The van der Waals surface area contributed by atoms with Crippen molar-refractivity contribution in [1.82, 2.24) is 10.2 Å². The van der Waals surface area contributed by atoms with Crippen molar-refractivity contribution < 1.29 is 19.2 Å². The lowest BCUT2D eigenvalue weighted by Crippen LogP contribution is -2.21. The molecule has 0 radical (unpaired) electrons. The number of rotatable bonds is 4. The van der Waals surface area contributed by atoms with Gasteiger partial charge in [-0.05, 0) is 17.7 Å². The Balaban J connectivity index is 1.88. The third-order valence-corrected chi connectivity index (χ3v) is 4.95. The highest BCUT2D eigenvalue weighted by Crippen LogP contribution is 2.45. The first-order chi connectivity index (χ1) is 14.9. The SMILES string of the molecule is COC(=O)c1ccc([C@H]2C(C#N)=C(N)Oc3n[nH]c(-c4cccc([N+](=O)[O-])c4)c32)cc1. The molecule has 1 atom stereocenters. The Labute approximate surface area is 175 Å². The molecule has 0 unspecified atom stereocenters. The average molecular weight is 417 g/mol. The van der Waals surface area contributed by atoms with E-state index in [9.17, 15) is 20.2 Å². The van der Waals surface area contributed by atoms with Crippen molar-refractivity contribution in [2.45, 2.75) is 5.92 Å². The predicted molar refractivity (Wildman–Crippen MR) is 108 cm³/mol. The molecule has 0 amide bonds. The molecule has 154 valence electrons. The molecule has 1 aliphatic heterocycles. The topological polar surface area (TPSA) is 157 Å². The lowest BCUT2D eigenvalue weighted by Gasteiger charge is -2.24. The maximum Gasteiger partial charge on any atom is 0.337 e. The van der Waals surface area contributed by atoms with Gasteiger partial charge in [-0.3, -0.25) is 15.2 Å². The first-order valence-electron chi connectivity index (χ1n) is 9.03. The second-order valence-electron chi connectivity index (χ2n) is 6.66. The van der Waals surface area contributed by atoms with Crippen LogP contribution in [-0.4, -0.2) is 28.2 Å². The number of non-ortho nitro benzene ring substituents is 1. The standard InChI is InChI=1S/C21H15N5O5/c1-30-21(27)12-7-5-11(6-8-12)16-15(10-22)19(23)31-20-17(16)18(24-25-20)13-3-2-4-14(9-13)26(28)29/h2-9,16H,23H2,1H3,(H,24,25)/t16-/m0/s1. The molecule has 2 aromatic carbocycles. The highest BCUT2D eigenvalue weighted by Gasteiger charge is 2.35. The fourth-order valence-electron chi connectivity index (χ4n) is 3.50. The van der Waals surface area contributed by atoms with Gasteiger partial charge in [0.2, 0.25) is 11.8 Å². The van der Waals surface area contributed by atoms with Crippen LogP contribution in [0.2, 0.25) is 0 Å². The number of hydrogen-bond acceptors (Lipinski definition) is 8. The van der Waals surface area contributed by atoms with E-state index in [1.54, 1.807) is 36.4 Å². The monoisotopic (exact) mass is 417 g/mol. The molecule has 0 bridgehead atoms. The van der Waals surface area contributed by atoms with Gasteiger partial charge in [0.25, 0.3) is 5.69 Å². The summed E-state index contributed by atoms with van der Waals surface area (Å²) >= 11 is 0. The molecule has 1 aromatic heterocycles. The van der Waals surface area contributed by atoms with E-state index in [2.05, 4.69) is 16.3 Å². The van der Waals surface area contributed by atoms with Gasteiger partial charge in [0.1, 0.15) is 11.6 Å². The molecule has 10 nitrogen and oxygen atoms in total. The maximum atomic E-state index is 11.8. The minimum absolute atomic E-state index is 0.0888. The number of esters is 1. The molecule has 0 saturated heterocycles. The molecule has 1 aliphatic rings. The van der Waals surface area contributed by atoms with E-state index in [4.69, 9.17) is 15.2 Å². The molecule has 0 spiro atoms. The van der Waals surface area contributed by atoms with Crippen molar-refractivity contribution in [3.63, 3.8) is 0 Å². The highest BCUT2D eigenvalue weighted by molar-refractivity contribution is 5.89. The number of nitro groups is 1. The quantitative estimate of drug-likeness (QED) is 0.372. The molecule has 4 rings (SSSR count). The van der Waals surface area contributed by atoms with Crippen molar-refractivity contribution in [2.24, 2.45) is 5.73 Å². The summed E-state index contributed by atoms with van der Waals surface area (Å²) < 4.78 is 10.3. The zero-order valence-electron chi connectivity index (χ0n) is 16.2. The third kappa shape index (κ3) is 3.34. The zero-order valence-corrected chi connectivity index (χ0v) is 16.2. The number of carbonyl (C=O) groups excluding carboxylic acids is 1. The van der Waals surface area contributed by atoms with E-state index < -0.39 is 16.8 Å². The Hall–Kier alpha value is -4.65. The van der Waals surface area contributed by atoms with Crippen LogP contribution in [0.4, 0.5) is 5.69 Å². The molecular weight excluding hydrogens is 402 g/mol. The summed E-state index contributed by atoms with van der Waals surface area (Å²) in [7, 11) is 1.29. The number of aromatic amines is 1. The van der Waals surface area contributed by atoms with E-state index in [-0.39, 0.29) is 23.0 Å². The van der Waals surface area contributed by atoms with Gasteiger partial charge in [0, 0.05) is 17.7 Å². The summed E-state index contributed by atoms with van der Waals surface area (Å²) in [5, 5.41) is 27.9. The minimum atomic E-state index is -0.659. The lowest BCUT2D eigenvalue weighted by molar-refractivity contribution is -0.384. The zero-order chi connectivity index (χ0) is 22.1. The van der Waals surface area contributed by atoms with Gasteiger partial charge in [-0.15, -0.1) is 5.10 Å². The summed E-state index contributed by atoms with van der Waals surface area (Å²) in [4.78, 5) is 22.5. The van der Waals surface area contributed by atoms with E-state index in [0.29, 0.717) is 27.9 Å². The second-order valence-corrected chi connectivity index (χ2v) is 6.66. The van der Waals surface area contributed by atoms with Gasteiger partial charge >= 0.3 is 5.97 Å². The number of H-pyrrole nitrogens is 1. The Morgan fingerprint density at radius 3 is 2.71 bits per heavy atom. The van der Waals surface area contributed by atoms with E-state index >= 15 is 0 Å². The Kier molecular flexibility index (Phi) is 4.85. The van der Waals surface area contributed by atoms with Crippen LogP contribution in [0.1, 0.15) is 27.4 Å². The minimum Gasteiger partial charge on any atom is -0.465 e. The van der Waals surface area contributed by atoms with E-state index in [1.165, 1.54) is 19.2 Å². The number of allylic oxidation sites excluding steroid dienone is 1. The van der Waals surface area contributed by atoms with Gasteiger partial charge in [-0.1, -0.05) is 24.3 Å². The fraction of sp³-hybridized carbons (Fsp3) is 0.0952. The number of aromatic nitrogens is 2. The third-order valence-electron chi connectivity index (χ3n) is 4.95. The van der Waals surface area contributed by atoms with Gasteiger partial charge in [0.15, 0.2) is 0 Å². The van der Waals surface area contributed by atoms with Crippen LogP contribution in [0.25, 0.3) is 11.3 Å². The number of nitrogens with zero attached hydrogens (tertiary/aromatic N) is 3. The highest BCUT2D eigenvalue weighted by atomic mass is 16.6. The first kappa shape index (κ1) is 19.7. The Bertz CT molecular complexity index is 1270. The van der Waals surface area contributed by atoms with Crippen LogP contribution >= 0.6 is 0 Å². The fourth-order valence-corrected chi connectivity index (χ4v) is 3.50. The van der Waals surface area contributed by atoms with Crippen molar-refractivity contribution in [3.8, 4) is 23.2 Å². The smallest absolute Gasteiger partial charge is 0.337 e. The second kappa shape index (κ2) is 7.64. The van der Waals surface area contributed by atoms with Gasteiger partial charge in [0.05, 0.1) is 34.8 Å². The number of fused-ring (bicyclic) bond motifs is 1. The summed E-state index contributed by atoms with van der Waals surface area (Å²) in [6.07, 6.45) is 0. The van der Waals surface area contributed by atoms with Crippen LogP contribution in [0.3, 0.4) is 0 Å². The number of nitrogens with two attached hydrogens (primary N) is 1. The predicted octanol–water partition coefficient (Wildman–Crippen LogP) is 2.99. The van der Waals surface area contributed by atoms with Crippen molar-refractivity contribution in [3.05, 3.63) is 86.8 Å². The molecule has 10 heteroatoms. The summed E-state index contributed by atoms with van der Waals surface area (Å²) in [5.74, 6) is -1.07. The molecule has 0 fully saturated rings. The number of hydrogen-bond donors (Lipinski definition) is 2. The largest absolute Gasteiger partial charge is 0.465 e. The van der Waals surface area contributed by atoms with Gasteiger partial charge < -0.3 is 15.2 Å². The van der Waals surface area contributed by atoms with Crippen LogP contribution in [0, 0.1) is 21.4 Å². The van der Waals surface area contributed by atoms with E-state index in [0.717, 1.165) is 0 Å².